The summed E-state index contributed by atoms with van der Waals surface area (Å²) >= 11 is 5.96. The van der Waals surface area contributed by atoms with Crippen molar-refractivity contribution in [3.63, 3.8) is 0 Å². The van der Waals surface area contributed by atoms with Crippen LogP contribution in [-0.2, 0) is 11.2 Å². The molecule has 2 aromatic carbocycles. The first-order chi connectivity index (χ1) is 11.0. The van der Waals surface area contributed by atoms with E-state index in [0.717, 1.165) is 0 Å². The van der Waals surface area contributed by atoms with Gasteiger partial charge in [-0.2, -0.15) is 0 Å². The number of methoxy groups -OCH3 is 2. The molecule has 0 bridgehead atoms. The quantitative estimate of drug-likeness (QED) is 0.844. The molecule has 1 atom stereocenters. The smallest absolute Gasteiger partial charge is 0.311 e. The van der Waals surface area contributed by atoms with Crippen LogP contribution in [0.1, 0.15) is 17.0 Å². The highest BCUT2D eigenvalue weighted by molar-refractivity contribution is 6.32. The lowest BCUT2D eigenvalue weighted by molar-refractivity contribution is -0.138. The fourth-order valence-corrected chi connectivity index (χ4v) is 2.65. The summed E-state index contributed by atoms with van der Waals surface area (Å²) in [7, 11) is 2.91. The molecule has 2 rings (SSSR count). The van der Waals surface area contributed by atoms with Crippen molar-refractivity contribution >= 4 is 17.6 Å². The van der Waals surface area contributed by atoms with Crippen molar-refractivity contribution in [1.29, 1.82) is 0 Å². The van der Waals surface area contributed by atoms with Crippen LogP contribution in [0.15, 0.2) is 36.4 Å². The number of ether oxygens (including phenoxy) is 2. The third-order valence-electron chi connectivity index (χ3n) is 3.56. The SMILES string of the molecule is COc1ccccc1C(Cc1cc(Cl)c(O)c(OC)c1)C(=O)O. The summed E-state index contributed by atoms with van der Waals surface area (Å²) in [6, 6.07) is 10.1. The van der Waals surface area contributed by atoms with Gasteiger partial charge in [0.2, 0.25) is 0 Å². The van der Waals surface area contributed by atoms with E-state index in [1.807, 2.05) is 0 Å². The van der Waals surface area contributed by atoms with Crippen molar-refractivity contribution in [3.8, 4) is 17.2 Å². The summed E-state index contributed by atoms with van der Waals surface area (Å²) < 4.78 is 10.3. The predicted octanol–water partition coefficient (Wildman–Crippen LogP) is 3.47. The molecule has 0 aliphatic rings. The largest absolute Gasteiger partial charge is 0.503 e. The summed E-state index contributed by atoms with van der Waals surface area (Å²) in [6.07, 6.45) is 0.187. The third kappa shape index (κ3) is 3.68. The zero-order valence-corrected chi connectivity index (χ0v) is 13.5. The van der Waals surface area contributed by atoms with Crippen LogP contribution in [0.5, 0.6) is 17.2 Å². The number of aromatic hydroxyl groups is 1. The lowest BCUT2D eigenvalue weighted by Crippen LogP contribution is -2.15. The van der Waals surface area contributed by atoms with Crippen LogP contribution in [0.4, 0.5) is 0 Å². The number of phenolic OH excluding ortho intramolecular Hbond substituents is 1. The molecule has 0 amide bonds. The molecule has 6 heteroatoms. The molecule has 0 spiro atoms. The Kier molecular flexibility index (Phi) is 5.34. The number of aliphatic carboxylic acids is 1. The zero-order chi connectivity index (χ0) is 17.0. The van der Waals surface area contributed by atoms with Crippen LogP contribution in [0.2, 0.25) is 5.02 Å². The van der Waals surface area contributed by atoms with Crippen LogP contribution in [-0.4, -0.2) is 30.4 Å². The number of phenols is 1. The normalized spacial score (nSPS) is 11.8. The number of hydrogen-bond donors (Lipinski definition) is 2. The van der Waals surface area contributed by atoms with E-state index in [1.165, 1.54) is 20.3 Å². The number of halogens is 1. The van der Waals surface area contributed by atoms with Gasteiger partial charge >= 0.3 is 5.97 Å². The first-order valence-corrected chi connectivity index (χ1v) is 7.26. The number of benzene rings is 2. The topological polar surface area (TPSA) is 76.0 Å². The molecule has 122 valence electrons. The molecular formula is C17H17ClO5. The second-order valence-electron chi connectivity index (χ2n) is 4.97. The molecule has 0 saturated heterocycles. The Morgan fingerprint density at radius 2 is 1.83 bits per heavy atom. The Labute approximate surface area is 139 Å². The average molecular weight is 337 g/mol. The van der Waals surface area contributed by atoms with E-state index in [2.05, 4.69) is 0 Å². The first-order valence-electron chi connectivity index (χ1n) is 6.89. The van der Waals surface area contributed by atoms with Crippen molar-refractivity contribution in [1.82, 2.24) is 0 Å². The molecule has 2 N–H and O–H groups in total. The highest BCUT2D eigenvalue weighted by atomic mass is 35.5. The van der Waals surface area contributed by atoms with Gasteiger partial charge in [-0.25, -0.2) is 0 Å². The highest BCUT2D eigenvalue weighted by Gasteiger charge is 2.24. The molecule has 0 aliphatic carbocycles. The van der Waals surface area contributed by atoms with E-state index < -0.39 is 11.9 Å². The van der Waals surface area contributed by atoms with E-state index in [4.69, 9.17) is 21.1 Å². The number of rotatable bonds is 6. The molecule has 0 aromatic heterocycles. The Hall–Kier alpha value is -2.40. The van der Waals surface area contributed by atoms with Gasteiger partial charge in [0.05, 0.1) is 25.2 Å². The van der Waals surface area contributed by atoms with Gasteiger partial charge in [-0.3, -0.25) is 4.79 Å². The molecular weight excluding hydrogens is 320 g/mol. The maximum absolute atomic E-state index is 11.7. The molecule has 0 aliphatic heterocycles. The van der Waals surface area contributed by atoms with Gasteiger partial charge in [-0.1, -0.05) is 29.8 Å². The molecule has 1 unspecified atom stereocenters. The maximum atomic E-state index is 11.7. The predicted molar refractivity (Wildman–Crippen MR) is 86.7 cm³/mol. The number of carboxylic acids is 1. The van der Waals surface area contributed by atoms with Gasteiger partial charge in [0.1, 0.15) is 5.75 Å². The number of carboxylic acid groups (broad SMARTS) is 1. The number of hydrogen-bond acceptors (Lipinski definition) is 4. The fraction of sp³-hybridized carbons (Fsp3) is 0.235. The first kappa shape index (κ1) is 17.0. The third-order valence-corrected chi connectivity index (χ3v) is 3.85. The van der Waals surface area contributed by atoms with Crippen LogP contribution >= 0.6 is 11.6 Å². The molecule has 0 fully saturated rings. The zero-order valence-electron chi connectivity index (χ0n) is 12.7. The monoisotopic (exact) mass is 336 g/mol. The van der Waals surface area contributed by atoms with Gasteiger partial charge in [0, 0.05) is 5.56 Å². The summed E-state index contributed by atoms with van der Waals surface area (Å²) in [5.41, 5.74) is 1.22. The molecule has 5 nitrogen and oxygen atoms in total. The summed E-state index contributed by atoms with van der Waals surface area (Å²) in [5, 5.41) is 19.5. The van der Waals surface area contributed by atoms with Gasteiger partial charge < -0.3 is 19.7 Å². The Morgan fingerprint density at radius 3 is 2.43 bits per heavy atom. The Morgan fingerprint density at radius 1 is 1.17 bits per heavy atom. The maximum Gasteiger partial charge on any atom is 0.311 e. The molecule has 0 heterocycles. The molecule has 0 radical (unpaired) electrons. The van der Waals surface area contributed by atoms with E-state index in [-0.39, 0.29) is 22.9 Å². The fourth-order valence-electron chi connectivity index (χ4n) is 2.42. The van der Waals surface area contributed by atoms with Crippen molar-refractivity contribution in [2.24, 2.45) is 0 Å². The van der Waals surface area contributed by atoms with Crippen molar-refractivity contribution in [2.45, 2.75) is 12.3 Å². The minimum Gasteiger partial charge on any atom is -0.503 e. The van der Waals surface area contributed by atoms with Gasteiger partial charge in [0.15, 0.2) is 11.5 Å². The van der Waals surface area contributed by atoms with Crippen LogP contribution < -0.4 is 9.47 Å². The van der Waals surface area contributed by atoms with Crippen molar-refractivity contribution in [2.75, 3.05) is 14.2 Å². The van der Waals surface area contributed by atoms with Crippen LogP contribution in [0.25, 0.3) is 0 Å². The minimum absolute atomic E-state index is 0.114. The van der Waals surface area contributed by atoms with E-state index in [0.29, 0.717) is 16.9 Å². The second kappa shape index (κ2) is 7.24. The number of carbonyl (C=O) groups is 1. The lowest BCUT2D eigenvalue weighted by Gasteiger charge is -2.17. The standard InChI is InChI=1S/C17H17ClO5/c1-22-14-6-4-3-5-11(14)12(17(20)21)7-10-8-13(18)16(19)15(9-10)23-2/h3-6,8-9,12,19H,7H2,1-2H3,(H,20,21). The van der Waals surface area contributed by atoms with Crippen LogP contribution in [0, 0.1) is 0 Å². The molecule has 0 saturated carbocycles. The average Bonchev–Trinajstić information content (AvgIpc) is 2.55. The molecule has 23 heavy (non-hydrogen) atoms. The van der Waals surface area contributed by atoms with Crippen molar-refractivity contribution < 1.29 is 24.5 Å². The second-order valence-corrected chi connectivity index (χ2v) is 5.37. The van der Waals surface area contributed by atoms with Gasteiger partial charge in [-0.05, 0) is 30.2 Å². The summed E-state index contributed by atoms with van der Waals surface area (Å²) in [6.45, 7) is 0. The van der Waals surface area contributed by atoms with Gasteiger partial charge in [-0.15, -0.1) is 0 Å². The highest BCUT2D eigenvalue weighted by Crippen LogP contribution is 2.37. The number of para-hydroxylation sites is 1. The van der Waals surface area contributed by atoms with E-state index >= 15 is 0 Å². The van der Waals surface area contributed by atoms with E-state index in [1.54, 1.807) is 30.3 Å². The summed E-state index contributed by atoms with van der Waals surface area (Å²) in [5.74, 6) is -1.23. The van der Waals surface area contributed by atoms with Crippen molar-refractivity contribution in [3.05, 3.63) is 52.5 Å². The molecule has 2 aromatic rings. The Bertz CT molecular complexity index is 714. The van der Waals surface area contributed by atoms with Gasteiger partial charge in [0.25, 0.3) is 0 Å². The van der Waals surface area contributed by atoms with E-state index in [9.17, 15) is 15.0 Å². The minimum atomic E-state index is -0.974. The lowest BCUT2D eigenvalue weighted by atomic mass is 9.91. The van der Waals surface area contributed by atoms with Crippen LogP contribution in [0.3, 0.4) is 0 Å². The summed E-state index contributed by atoms with van der Waals surface area (Å²) in [4.78, 5) is 11.7. The Balaban J connectivity index is 2.41.